The molecule has 3 rings (SSSR count). The van der Waals surface area contributed by atoms with Crippen LogP contribution in [0.25, 0.3) is 10.9 Å². The molecule has 1 aromatic heterocycles. The summed E-state index contributed by atoms with van der Waals surface area (Å²) in [6, 6.07) is 13.0. The SMILES string of the molecule is COc1ccc(/C=N\NC(=O)c2[nH]c3cc(OC)ccc3c2C)cc1. The summed E-state index contributed by atoms with van der Waals surface area (Å²) in [5.41, 5.74) is 5.60. The summed E-state index contributed by atoms with van der Waals surface area (Å²) in [5.74, 6) is 1.21. The van der Waals surface area contributed by atoms with Crippen molar-refractivity contribution in [2.24, 2.45) is 5.10 Å². The molecule has 6 heteroatoms. The van der Waals surface area contributed by atoms with E-state index in [1.165, 1.54) is 0 Å². The van der Waals surface area contributed by atoms with Gasteiger partial charge in [-0.05, 0) is 54.4 Å². The summed E-state index contributed by atoms with van der Waals surface area (Å²) in [4.78, 5) is 15.5. The molecule has 0 bridgehead atoms. The number of rotatable bonds is 5. The molecule has 3 aromatic rings. The summed E-state index contributed by atoms with van der Waals surface area (Å²) >= 11 is 0. The van der Waals surface area contributed by atoms with Gasteiger partial charge in [0.25, 0.3) is 5.91 Å². The highest BCUT2D eigenvalue weighted by molar-refractivity contribution is 6.01. The number of nitrogens with zero attached hydrogens (tertiary/aromatic N) is 1. The van der Waals surface area contributed by atoms with E-state index >= 15 is 0 Å². The third kappa shape index (κ3) is 3.47. The Hall–Kier alpha value is -3.28. The van der Waals surface area contributed by atoms with Gasteiger partial charge < -0.3 is 14.5 Å². The number of hydrogen-bond acceptors (Lipinski definition) is 4. The van der Waals surface area contributed by atoms with E-state index in [0.717, 1.165) is 33.5 Å². The van der Waals surface area contributed by atoms with Crippen molar-refractivity contribution in [2.75, 3.05) is 14.2 Å². The molecule has 6 nitrogen and oxygen atoms in total. The average Bonchev–Trinajstić information content (AvgIpc) is 2.98. The van der Waals surface area contributed by atoms with Crippen molar-refractivity contribution in [3.05, 3.63) is 59.3 Å². The summed E-state index contributed by atoms with van der Waals surface area (Å²) < 4.78 is 10.3. The van der Waals surface area contributed by atoms with Crippen molar-refractivity contribution in [1.82, 2.24) is 10.4 Å². The molecule has 0 saturated carbocycles. The zero-order valence-electron chi connectivity index (χ0n) is 14.3. The second kappa shape index (κ2) is 7.09. The van der Waals surface area contributed by atoms with E-state index in [-0.39, 0.29) is 5.91 Å². The van der Waals surface area contributed by atoms with E-state index in [0.29, 0.717) is 5.69 Å². The first-order valence-electron chi connectivity index (χ1n) is 7.76. The average molecular weight is 337 g/mol. The Morgan fingerprint density at radius 3 is 2.44 bits per heavy atom. The van der Waals surface area contributed by atoms with Crippen LogP contribution in [0.5, 0.6) is 11.5 Å². The molecule has 0 spiro atoms. The zero-order chi connectivity index (χ0) is 17.8. The largest absolute Gasteiger partial charge is 0.497 e. The van der Waals surface area contributed by atoms with Gasteiger partial charge in [-0.15, -0.1) is 0 Å². The molecule has 0 aliphatic heterocycles. The second-order valence-electron chi connectivity index (χ2n) is 5.51. The van der Waals surface area contributed by atoms with Crippen LogP contribution in [0.4, 0.5) is 0 Å². The number of methoxy groups -OCH3 is 2. The number of aromatic amines is 1. The van der Waals surface area contributed by atoms with E-state index in [4.69, 9.17) is 9.47 Å². The van der Waals surface area contributed by atoms with Gasteiger partial charge in [0, 0.05) is 17.0 Å². The highest BCUT2D eigenvalue weighted by Gasteiger charge is 2.14. The number of ether oxygens (including phenoxy) is 2. The smallest absolute Gasteiger partial charge is 0.288 e. The van der Waals surface area contributed by atoms with Crippen molar-refractivity contribution < 1.29 is 14.3 Å². The normalized spacial score (nSPS) is 11.0. The van der Waals surface area contributed by atoms with Crippen molar-refractivity contribution in [2.45, 2.75) is 6.92 Å². The lowest BCUT2D eigenvalue weighted by atomic mass is 10.1. The van der Waals surface area contributed by atoms with Gasteiger partial charge >= 0.3 is 0 Å². The lowest BCUT2D eigenvalue weighted by molar-refractivity contribution is 0.0950. The van der Waals surface area contributed by atoms with Gasteiger partial charge in [0.1, 0.15) is 17.2 Å². The number of amides is 1. The second-order valence-corrected chi connectivity index (χ2v) is 5.51. The number of carbonyl (C=O) groups is 1. The third-order valence-corrected chi connectivity index (χ3v) is 3.99. The number of hydrazone groups is 1. The van der Waals surface area contributed by atoms with Gasteiger partial charge in [0.15, 0.2) is 0 Å². The maximum absolute atomic E-state index is 12.4. The third-order valence-electron chi connectivity index (χ3n) is 3.99. The van der Waals surface area contributed by atoms with E-state index in [2.05, 4.69) is 15.5 Å². The fourth-order valence-corrected chi connectivity index (χ4v) is 2.58. The molecular formula is C19H19N3O3. The number of benzene rings is 2. The minimum Gasteiger partial charge on any atom is -0.497 e. The van der Waals surface area contributed by atoms with Crippen molar-refractivity contribution in [3.63, 3.8) is 0 Å². The Balaban J connectivity index is 1.75. The van der Waals surface area contributed by atoms with Crippen LogP contribution in [-0.2, 0) is 0 Å². The number of carbonyl (C=O) groups excluding carboxylic acids is 1. The quantitative estimate of drug-likeness (QED) is 0.554. The van der Waals surface area contributed by atoms with E-state index in [1.807, 2.05) is 49.4 Å². The van der Waals surface area contributed by atoms with Crippen LogP contribution in [0, 0.1) is 6.92 Å². The maximum Gasteiger partial charge on any atom is 0.288 e. The fraction of sp³-hybridized carbons (Fsp3) is 0.158. The number of aryl methyl sites for hydroxylation is 1. The van der Waals surface area contributed by atoms with Crippen LogP contribution in [-0.4, -0.2) is 31.3 Å². The van der Waals surface area contributed by atoms with Gasteiger partial charge in [-0.1, -0.05) is 0 Å². The molecule has 0 atom stereocenters. The lowest BCUT2D eigenvalue weighted by Crippen LogP contribution is -2.18. The summed E-state index contributed by atoms with van der Waals surface area (Å²) in [5, 5.41) is 4.99. The van der Waals surface area contributed by atoms with Crippen molar-refractivity contribution in [3.8, 4) is 11.5 Å². The van der Waals surface area contributed by atoms with Gasteiger partial charge in [-0.3, -0.25) is 4.79 Å². The standard InChI is InChI=1S/C19H19N3O3/c1-12-16-9-8-15(25-3)10-17(16)21-18(12)19(23)22-20-11-13-4-6-14(24-2)7-5-13/h4-11,21H,1-3H3,(H,22,23)/b20-11-. The Kier molecular flexibility index (Phi) is 4.70. The first-order chi connectivity index (χ1) is 12.1. The fourth-order valence-electron chi connectivity index (χ4n) is 2.58. The monoisotopic (exact) mass is 337 g/mol. The van der Waals surface area contributed by atoms with Crippen LogP contribution >= 0.6 is 0 Å². The van der Waals surface area contributed by atoms with Gasteiger partial charge in [0.05, 0.1) is 20.4 Å². The van der Waals surface area contributed by atoms with Gasteiger partial charge in [0.2, 0.25) is 0 Å². The van der Waals surface area contributed by atoms with Crippen molar-refractivity contribution in [1.29, 1.82) is 0 Å². The Bertz CT molecular complexity index is 927. The predicted molar refractivity (Wildman–Crippen MR) is 97.6 cm³/mol. The van der Waals surface area contributed by atoms with E-state index < -0.39 is 0 Å². The molecule has 2 aromatic carbocycles. The number of hydrogen-bond donors (Lipinski definition) is 2. The molecule has 1 heterocycles. The zero-order valence-corrected chi connectivity index (χ0v) is 14.3. The maximum atomic E-state index is 12.4. The van der Waals surface area contributed by atoms with Crippen LogP contribution in [0.2, 0.25) is 0 Å². The minimum absolute atomic E-state index is 0.294. The van der Waals surface area contributed by atoms with Crippen LogP contribution in [0.1, 0.15) is 21.6 Å². The number of fused-ring (bicyclic) bond motifs is 1. The number of nitrogens with one attached hydrogen (secondary N) is 2. The Labute approximate surface area is 145 Å². The highest BCUT2D eigenvalue weighted by atomic mass is 16.5. The van der Waals surface area contributed by atoms with Crippen LogP contribution < -0.4 is 14.9 Å². The summed E-state index contributed by atoms with van der Waals surface area (Å²) in [6.45, 7) is 1.90. The molecule has 0 unspecified atom stereocenters. The lowest BCUT2D eigenvalue weighted by Gasteiger charge is -2.00. The molecule has 0 aliphatic rings. The summed E-state index contributed by atoms with van der Waals surface area (Å²) in [6.07, 6.45) is 1.58. The summed E-state index contributed by atoms with van der Waals surface area (Å²) in [7, 11) is 3.22. The first kappa shape index (κ1) is 16.6. The molecule has 0 aliphatic carbocycles. The van der Waals surface area contributed by atoms with Gasteiger partial charge in [-0.2, -0.15) is 5.10 Å². The highest BCUT2D eigenvalue weighted by Crippen LogP contribution is 2.25. The topological polar surface area (TPSA) is 75.7 Å². The molecule has 0 fully saturated rings. The Morgan fingerprint density at radius 2 is 1.76 bits per heavy atom. The molecule has 2 N–H and O–H groups in total. The van der Waals surface area contributed by atoms with E-state index in [9.17, 15) is 4.79 Å². The molecule has 0 saturated heterocycles. The molecule has 25 heavy (non-hydrogen) atoms. The minimum atomic E-state index is -0.294. The van der Waals surface area contributed by atoms with Crippen LogP contribution in [0.15, 0.2) is 47.6 Å². The molecule has 1 amide bonds. The number of aromatic nitrogens is 1. The van der Waals surface area contributed by atoms with Gasteiger partial charge in [-0.25, -0.2) is 5.43 Å². The predicted octanol–water partition coefficient (Wildman–Crippen LogP) is 3.26. The number of H-pyrrole nitrogens is 1. The first-order valence-corrected chi connectivity index (χ1v) is 7.76. The molecular weight excluding hydrogens is 318 g/mol. The molecule has 128 valence electrons. The van der Waals surface area contributed by atoms with Crippen molar-refractivity contribution >= 4 is 23.0 Å². The van der Waals surface area contributed by atoms with Crippen LogP contribution in [0.3, 0.4) is 0 Å². The Morgan fingerprint density at radius 1 is 1.08 bits per heavy atom. The molecule has 0 radical (unpaired) electrons. The van der Waals surface area contributed by atoms with E-state index in [1.54, 1.807) is 20.4 Å².